The molecule has 0 atom stereocenters. The molecule has 0 fully saturated rings. The summed E-state index contributed by atoms with van der Waals surface area (Å²) in [5.41, 5.74) is 6.02. The lowest BCUT2D eigenvalue weighted by Gasteiger charge is -2.17. The second-order valence-corrected chi connectivity index (χ2v) is 7.02. The molecule has 0 saturated heterocycles. The van der Waals surface area contributed by atoms with E-state index in [2.05, 4.69) is 53.2 Å². The molecule has 0 aliphatic carbocycles. The number of hydrogen-bond donors (Lipinski definition) is 1. The molecule has 0 aliphatic heterocycles. The molecule has 3 rings (SSSR count). The number of hydrogen-bond acceptors (Lipinski definition) is 5. The topological polar surface area (TPSA) is 71.0 Å². The summed E-state index contributed by atoms with van der Waals surface area (Å²) >= 11 is 0. The van der Waals surface area contributed by atoms with Crippen LogP contribution in [0.15, 0.2) is 49.1 Å². The van der Waals surface area contributed by atoms with Gasteiger partial charge in [0.05, 0.1) is 0 Å². The van der Waals surface area contributed by atoms with Crippen molar-refractivity contribution in [2.45, 2.75) is 27.2 Å². The SMILES string of the molecule is Cc1cc(C)c(Nc2cc(C(=O)N(C)CCc3ccncc3)ncn2)c(C)c1. The van der Waals surface area contributed by atoms with Gasteiger partial charge in [-0.15, -0.1) is 0 Å². The Labute approximate surface area is 165 Å². The first-order chi connectivity index (χ1) is 13.4. The molecule has 144 valence electrons. The Morgan fingerprint density at radius 2 is 1.71 bits per heavy atom. The van der Waals surface area contributed by atoms with Gasteiger partial charge in [0.2, 0.25) is 0 Å². The molecule has 1 aromatic carbocycles. The number of nitrogens with one attached hydrogen (secondary N) is 1. The van der Waals surface area contributed by atoms with E-state index in [0.717, 1.165) is 28.8 Å². The number of aromatic nitrogens is 3. The van der Waals surface area contributed by atoms with Crippen LogP contribution in [0, 0.1) is 20.8 Å². The number of pyridine rings is 1. The van der Waals surface area contributed by atoms with Gasteiger partial charge in [-0.05, 0) is 56.0 Å². The summed E-state index contributed by atoms with van der Waals surface area (Å²) in [6.07, 6.45) is 5.71. The standard InChI is InChI=1S/C22H25N5O/c1-15-11-16(2)21(17(3)12-15)26-20-13-19(24-14-25-20)22(28)27(4)10-7-18-5-8-23-9-6-18/h5-6,8-9,11-14H,7,10H2,1-4H3,(H,24,25,26). The number of nitrogens with zero attached hydrogens (tertiary/aromatic N) is 4. The summed E-state index contributed by atoms with van der Waals surface area (Å²) in [6, 6.07) is 9.85. The molecule has 28 heavy (non-hydrogen) atoms. The van der Waals surface area contributed by atoms with Gasteiger partial charge in [0.15, 0.2) is 0 Å². The first-order valence-electron chi connectivity index (χ1n) is 9.25. The monoisotopic (exact) mass is 375 g/mol. The molecule has 6 heteroatoms. The van der Waals surface area contributed by atoms with E-state index >= 15 is 0 Å². The van der Waals surface area contributed by atoms with Crippen LogP contribution in [0.5, 0.6) is 0 Å². The first kappa shape index (κ1) is 19.5. The second-order valence-electron chi connectivity index (χ2n) is 7.02. The Hall–Kier alpha value is -3.28. The van der Waals surface area contributed by atoms with Crippen molar-refractivity contribution in [3.63, 3.8) is 0 Å². The number of carbonyl (C=O) groups excluding carboxylic acids is 1. The number of aryl methyl sites for hydroxylation is 3. The van der Waals surface area contributed by atoms with Gasteiger partial charge in [-0.3, -0.25) is 9.78 Å². The lowest BCUT2D eigenvalue weighted by molar-refractivity contribution is 0.0790. The molecular weight excluding hydrogens is 350 g/mol. The maximum absolute atomic E-state index is 12.7. The Kier molecular flexibility index (Phi) is 5.99. The summed E-state index contributed by atoms with van der Waals surface area (Å²) in [6.45, 7) is 6.80. The average Bonchev–Trinajstić information content (AvgIpc) is 2.69. The van der Waals surface area contributed by atoms with Crippen LogP contribution in [-0.4, -0.2) is 39.4 Å². The van der Waals surface area contributed by atoms with E-state index in [0.29, 0.717) is 18.1 Å². The van der Waals surface area contributed by atoms with Gasteiger partial charge < -0.3 is 10.2 Å². The minimum absolute atomic E-state index is 0.128. The fourth-order valence-corrected chi connectivity index (χ4v) is 3.19. The highest BCUT2D eigenvalue weighted by atomic mass is 16.2. The van der Waals surface area contributed by atoms with Crippen molar-refractivity contribution in [3.05, 3.63) is 77.0 Å². The molecular formula is C22H25N5O. The van der Waals surface area contributed by atoms with Crippen LogP contribution >= 0.6 is 0 Å². The highest BCUT2D eigenvalue weighted by molar-refractivity contribution is 5.92. The lowest BCUT2D eigenvalue weighted by atomic mass is 10.1. The van der Waals surface area contributed by atoms with Crippen molar-refractivity contribution in [3.8, 4) is 0 Å². The third-order valence-electron chi connectivity index (χ3n) is 4.65. The van der Waals surface area contributed by atoms with Crippen molar-refractivity contribution in [2.24, 2.45) is 0 Å². The summed E-state index contributed by atoms with van der Waals surface area (Å²) in [7, 11) is 1.78. The van der Waals surface area contributed by atoms with Gasteiger partial charge in [-0.25, -0.2) is 9.97 Å². The third-order valence-corrected chi connectivity index (χ3v) is 4.65. The molecule has 1 N–H and O–H groups in total. The van der Waals surface area contributed by atoms with E-state index in [9.17, 15) is 4.79 Å². The van der Waals surface area contributed by atoms with Crippen LogP contribution < -0.4 is 5.32 Å². The Morgan fingerprint density at radius 3 is 2.39 bits per heavy atom. The number of carbonyl (C=O) groups is 1. The molecule has 0 bridgehead atoms. The van der Waals surface area contributed by atoms with Crippen molar-refractivity contribution >= 4 is 17.4 Å². The molecule has 0 unspecified atom stereocenters. The minimum Gasteiger partial charge on any atom is -0.340 e. The maximum atomic E-state index is 12.7. The van der Waals surface area contributed by atoms with Gasteiger partial charge in [-0.2, -0.15) is 0 Å². The van der Waals surface area contributed by atoms with Crippen LogP contribution in [-0.2, 0) is 6.42 Å². The summed E-state index contributed by atoms with van der Waals surface area (Å²) in [4.78, 5) is 26.9. The normalized spacial score (nSPS) is 10.6. The maximum Gasteiger partial charge on any atom is 0.272 e. The van der Waals surface area contributed by atoms with E-state index in [1.165, 1.54) is 11.9 Å². The number of rotatable bonds is 6. The van der Waals surface area contributed by atoms with E-state index < -0.39 is 0 Å². The predicted molar refractivity (Wildman–Crippen MR) is 111 cm³/mol. The zero-order chi connectivity index (χ0) is 20.1. The molecule has 0 spiro atoms. The largest absolute Gasteiger partial charge is 0.340 e. The molecule has 1 amide bonds. The fourth-order valence-electron chi connectivity index (χ4n) is 3.19. The molecule has 2 heterocycles. The lowest BCUT2D eigenvalue weighted by Crippen LogP contribution is -2.29. The van der Waals surface area contributed by atoms with Crippen LogP contribution in [0.1, 0.15) is 32.7 Å². The smallest absolute Gasteiger partial charge is 0.272 e. The van der Waals surface area contributed by atoms with Crippen molar-refractivity contribution in [2.75, 3.05) is 18.9 Å². The Balaban J connectivity index is 1.71. The van der Waals surface area contributed by atoms with E-state index in [4.69, 9.17) is 0 Å². The second kappa shape index (κ2) is 8.61. The number of likely N-dealkylation sites (N-methyl/N-ethyl adjacent to an activating group) is 1. The van der Waals surface area contributed by atoms with Gasteiger partial charge >= 0.3 is 0 Å². The molecule has 0 radical (unpaired) electrons. The quantitative estimate of drug-likeness (QED) is 0.708. The Bertz CT molecular complexity index is 949. The number of benzene rings is 1. The zero-order valence-corrected chi connectivity index (χ0v) is 16.7. The van der Waals surface area contributed by atoms with Crippen molar-refractivity contribution < 1.29 is 4.79 Å². The van der Waals surface area contributed by atoms with Crippen LogP contribution in [0.3, 0.4) is 0 Å². The molecule has 0 saturated carbocycles. The molecule has 6 nitrogen and oxygen atoms in total. The van der Waals surface area contributed by atoms with Crippen molar-refractivity contribution in [1.29, 1.82) is 0 Å². The summed E-state index contributed by atoms with van der Waals surface area (Å²) < 4.78 is 0. The average molecular weight is 375 g/mol. The van der Waals surface area contributed by atoms with Gasteiger partial charge in [0, 0.05) is 37.7 Å². The minimum atomic E-state index is -0.128. The fraction of sp³-hybridized carbons (Fsp3) is 0.273. The van der Waals surface area contributed by atoms with Crippen LogP contribution in [0.2, 0.25) is 0 Å². The van der Waals surface area contributed by atoms with Gasteiger partial charge in [0.1, 0.15) is 17.8 Å². The van der Waals surface area contributed by atoms with Gasteiger partial charge in [-0.1, -0.05) is 17.7 Å². The van der Waals surface area contributed by atoms with Crippen LogP contribution in [0.25, 0.3) is 0 Å². The highest BCUT2D eigenvalue weighted by Crippen LogP contribution is 2.25. The Morgan fingerprint density at radius 1 is 1.04 bits per heavy atom. The van der Waals surface area contributed by atoms with E-state index in [1.807, 2.05) is 12.1 Å². The molecule has 3 aromatic rings. The van der Waals surface area contributed by atoms with Crippen LogP contribution in [0.4, 0.5) is 11.5 Å². The molecule has 2 aromatic heterocycles. The summed E-state index contributed by atoms with van der Waals surface area (Å²) in [5, 5.41) is 3.33. The van der Waals surface area contributed by atoms with E-state index in [1.54, 1.807) is 30.4 Å². The number of anilines is 2. The highest BCUT2D eigenvalue weighted by Gasteiger charge is 2.15. The predicted octanol–water partition coefficient (Wildman–Crippen LogP) is 3.86. The first-order valence-corrected chi connectivity index (χ1v) is 9.25. The summed E-state index contributed by atoms with van der Waals surface area (Å²) in [5.74, 6) is 0.479. The molecule has 0 aliphatic rings. The zero-order valence-electron chi connectivity index (χ0n) is 16.7. The van der Waals surface area contributed by atoms with E-state index in [-0.39, 0.29) is 5.91 Å². The van der Waals surface area contributed by atoms with Gasteiger partial charge in [0.25, 0.3) is 5.91 Å². The number of amides is 1. The van der Waals surface area contributed by atoms with Crippen molar-refractivity contribution in [1.82, 2.24) is 19.9 Å². The third kappa shape index (κ3) is 4.71.